The SMILES string of the molecule is Cc1cscc1C(=O)N[C@H]1CCCC[C@@H]1O. The van der Waals surface area contributed by atoms with E-state index in [2.05, 4.69) is 5.32 Å². The minimum atomic E-state index is -0.378. The van der Waals surface area contributed by atoms with E-state index in [0.717, 1.165) is 36.8 Å². The first-order valence-electron chi connectivity index (χ1n) is 5.70. The molecule has 1 aliphatic carbocycles. The van der Waals surface area contributed by atoms with Crippen LogP contribution < -0.4 is 5.32 Å². The van der Waals surface area contributed by atoms with Gasteiger partial charge in [0.25, 0.3) is 5.91 Å². The zero-order valence-electron chi connectivity index (χ0n) is 9.40. The number of nitrogens with one attached hydrogen (secondary N) is 1. The molecule has 1 aromatic heterocycles. The van der Waals surface area contributed by atoms with Crippen LogP contribution in [0.15, 0.2) is 10.8 Å². The maximum atomic E-state index is 11.9. The zero-order valence-corrected chi connectivity index (χ0v) is 10.2. The van der Waals surface area contributed by atoms with Gasteiger partial charge in [0.05, 0.1) is 17.7 Å². The fourth-order valence-corrected chi connectivity index (χ4v) is 2.95. The summed E-state index contributed by atoms with van der Waals surface area (Å²) in [5.41, 5.74) is 1.75. The summed E-state index contributed by atoms with van der Waals surface area (Å²) in [5.74, 6) is -0.0512. The van der Waals surface area contributed by atoms with Crippen LogP contribution in [0.1, 0.15) is 41.6 Å². The van der Waals surface area contributed by atoms with E-state index in [9.17, 15) is 9.90 Å². The predicted molar refractivity (Wildman–Crippen MR) is 64.8 cm³/mol. The number of aliphatic hydroxyl groups excluding tert-OH is 1. The van der Waals surface area contributed by atoms with Crippen molar-refractivity contribution in [1.29, 1.82) is 0 Å². The third-order valence-electron chi connectivity index (χ3n) is 3.15. The summed E-state index contributed by atoms with van der Waals surface area (Å²) in [6, 6.07) is -0.0689. The molecule has 0 saturated heterocycles. The number of thiophene rings is 1. The largest absolute Gasteiger partial charge is 0.391 e. The number of rotatable bonds is 2. The topological polar surface area (TPSA) is 49.3 Å². The number of aliphatic hydroxyl groups is 1. The minimum Gasteiger partial charge on any atom is -0.391 e. The number of amides is 1. The van der Waals surface area contributed by atoms with Crippen molar-refractivity contribution in [3.63, 3.8) is 0 Å². The molecule has 0 bridgehead atoms. The first-order chi connectivity index (χ1) is 7.68. The van der Waals surface area contributed by atoms with Crippen LogP contribution in [0, 0.1) is 6.92 Å². The third-order valence-corrected chi connectivity index (χ3v) is 4.01. The molecule has 0 unspecified atom stereocenters. The molecule has 1 heterocycles. The number of hydrogen-bond donors (Lipinski definition) is 2. The van der Waals surface area contributed by atoms with Crippen LogP contribution in [-0.2, 0) is 0 Å². The van der Waals surface area contributed by atoms with Gasteiger partial charge in [-0.05, 0) is 30.7 Å². The summed E-state index contributed by atoms with van der Waals surface area (Å²) in [4.78, 5) is 11.9. The molecule has 2 atom stereocenters. The molecule has 0 aromatic carbocycles. The van der Waals surface area contributed by atoms with Gasteiger partial charge >= 0.3 is 0 Å². The quantitative estimate of drug-likeness (QED) is 0.830. The van der Waals surface area contributed by atoms with Gasteiger partial charge in [0, 0.05) is 5.38 Å². The van der Waals surface area contributed by atoms with Gasteiger partial charge in [0.1, 0.15) is 0 Å². The van der Waals surface area contributed by atoms with E-state index in [-0.39, 0.29) is 18.1 Å². The second-order valence-electron chi connectivity index (χ2n) is 4.40. The molecule has 1 aromatic rings. The average molecular weight is 239 g/mol. The van der Waals surface area contributed by atoms with Gasteiger partial charge in [0.15, 0.2) is 0 Å². The Morgan fingerprint density at radius 1 is 1.44 bits per heavy atom. The van der Waals surface area contributed by atoms with Crippen molar-refractivity contribution in [2.75, 3.05) is 0 Å². The number of hydrogen-bond acceptors (Lipinski definition) is 3. The number of aryl methyl sites for hydroxylation is 1. The van der Waals surface area contributed by atoms with Gasteiger partial charge in [-0.2, -0.15) is 11.3 Å². The Labute approximate surface area is 99.5 Å². The lowest BCUT2D eigenvalue weighted by atomic mass is 9.92. The molecule has 1 amide bonds. The molecule has 0 radical (unpaired) electrons. The molecule has 4 heteroatoms. The molecular formula is C12H17NO2S. The molecule has 2 N–H and O–H groups in total. The van der Waals surface area contributed by atoms with Crippen LogP contribution in [0.5, 0.6) is 0 Å². The van der Waals surface area contributed by atoms with Gasteiger partial charge in [-0.1, -0.05) is 12.8 Å². The number of carbonyl (C=O) groups excluding carboxylic acids is 1. The maximum absolute atomic E-state index is 11.9. The van der Waals surface area contributed by atoms with E-state index in [4.69, 9.17) is 0 Å². The van der Waals surface area contributed by atoms with Gasteiger partial charge in [0.2, 0.25) is 0 Å². The van der Waals surface area contributed by atoms with Crippen LogP contribution in [0.25, 0.3) is 0 Å². The minimum absolute atomic E-state index is 0.0512. The highest BCUT2D eigenvalue weighted by Crippen LogP contribution is 2.20. The van der Waals surface area contributed by atoms with Crippen LogP contribution in [0.2, 0.25) is 0 Å². The Kier molecular flexibility index (Phi) is 3.61. The summed E-state index contributed by atoms with van der Waals surface area (Å²) >= 11 is 1.53. The van der Waals surface area contributed by atoms with Crippen molar-refractivity contribution in [2.45, 2.75) is 44.8 Å². The molecule has 1 fully saturated rings. The van der Waals surface area contributed by atoms with Crippen LogP contribution in [0.3, 0.4) is 0 Å². The fraction of sp³-hybridized carbons (Fsp3) is 0.583. The smallest absolute Gasteiger partial charge is 0.252 e. The first-order valence-corrected chi connectivity index (χ1v) is 6.64. The lowest BCUT2D eigenvalue weighted by Crippen LogP contribution is -2.45. The van der Waals surface area contributed by atoms with E-state index in [0.29, 0.717) is 0 Å². The highest BCUT2D eigenvalue weighted by Gasteiger charge is 2.25. The van der Waals surface area contributed by atoms with E-state index in [1.165, 1.54) is 11.3 Å². The highest BCUT2D eigenvalue weighted by atomic mass is 32.1. The Bertz CT molecular complexity index is 375. The monoisotopic (exact) mass is 239 g/mol. The summed E-state index contributed by atoms with van der Waals surface area (Å²) < 4.78 is 0. The molecule has 0 aliphatic heterocycles. The lowest BCUT2D eigenvalue weighted by molar-refractivity contribution is 0.0717. The van der Waals surface area contributed by atoms with E-state index in [1.807, 2.05) is 17.7 Å². The van der Waals surface area contributed by atoms with Crippen LogP contribution >= 0.6 is 11.3 Å². The molecule has 2 rings (SSSR count). The van der Waals surface area contributed by atoms with Gasteiger partial charge in [-0.3, -0.25) is 4.79 Å². The van der Waals surface area contributed by atoms with Gasteiger partial charge in [-0.25, -0.2) is 0 Å². The predicted octanol–water partition coefficient (Wildman–Crippen LogP) is 2.09. The Morgan fingerprint density at radius 3 is 2.81 bits per heavy atom. The Balaban J connectivity index is 1.99. The normalized spacial score (nSPS) is 25.4. The van der Waals surface area contributed by atoms with Crippen molar-refractivity contribution < 1.29 is 9.90 Å². The van der Waals surface area contributed by atoms with Gasteiger partial charge < -0.3 is 10.4 Å². The molecule has 0 spiro atoms. The van der Waals surface area contributed by atoms with Crippen LogP contribution in [-0.4, -0.2) is 23.2 Å². The van der Waals surface area contributed by atoms with Crippen LogP contribution in [0.4, 0.5) is 0 Å². The van der Waals surface area contributed by atoms with Crippen molar-refractivity contribution in [2.24, 2.45) is 0 Å². The summed E-state index contributed by atoms with van der Waals surface area (Å²) in [7, 11) is 0. The summed E-state index contributed by atoms with van der Waals surface area (Å²) in [6.45, 7) is 1.93. The van der Waals surface area contributed by atoms with E-state index < -0.39 is 0 Å². The molecule has 88 valence electrons. The van der Waals surface area contributed by atoms with Gasteiger partial charge in [-0.15, -0.1) is 0 Å². The Hall–Kier alpha value is -0.870. The molecule has 16 heavy (non-hydrogen) atoms. The molecule has 3 nitrogen and oxygen atoms in total. The van der Waals surface area contributed by atoms with Crippen molar-refractivity contribution in [3.05, 3.63) is 21.9 Å². The average Bonchev–Trinajstić information content (AvgIpc) is 2.68. The Morgan fingerprint density at radius 2 is 2.19 bits per heavy atom. The summed E-state index contributed by atoms with van der Waals surface area (Å²) in [5, 5.41) is 16.5. The molecule has 1 saturated carbocycles. The highest BCUT2D eigenvalue weighted by molar-refractivity contribution is 7.08. The summed E-state index contributed by atoms with van der Waals surface area (Å²) in [6.07, 6.45) is 3.45. The molecular weight excluding hydrogens is 222 g/mol. The lowest BCUT2D eigenvalue weighted by Gasteiger charge is -2.28. The van der Waals surface area contributed by atoms with E-state index >= 15 is 0 Å². The maximum Gasteiger partial charge on any atom is 0.252 e. The number of carbonyl (C=O) groups is 1. The zero-order chi connectivity index (χ0) is 11.5. The second-order valence-corrected chi connectivity index (χ2v) is 5.14. The molecule has 1 aliphatic rings. The third kappa shape index (κ3) is 2.44. The first kappa shape index (κ1) is 11.6. The fourth-order valence-electron chi connectivity index (χ4n) is 2.12. The standard InChI is InChI=1S/C12H17NO2S/c1-8-6-16-7-9(8)12(15)13-10-4-2-3-5-11(10)14/h6-7,10-11,14H,2-5H2,1H3,(H,13,15)/t10-,11-/m0/s1. The van der Waals surface area contributed by atoms with Crippen molar-refractivity contribution in [3.8, 4) is 0 Å². The second kappa shape index (κ2) is 4.97. The van der Waals surface area contributed by atoms with Crippen molar-refractivity contribution >= 4 is 17.2 Å². The van der Waals surface area contributed by atoms with E-state index in [1.54, 1.807) is 0 Å². The van der Waals surface area contributed by atoms with Crippen molar-refractivity contribution in [1.82, 2.24) is 5.32 Å².